The van der Waals surface area contributed by atoms with Gasteiger partial charge in [-0.15, -0.1) is 0 Å². The molecule has 0 amide bonds. The highest BCUT2D eigenvalue weighted by Crippen LogP contribution is 2.40. The van der Waals surface area contributed by atoms with E-state index in [1.807, 2.05) is 0 Å². The van der Waals surface area contributed by atoms with Crippen LogP contribution in [0.25, 0.3) is 0 Å². The third kappa shape index (κ3) is 11.3. The first-order valence-electron chi connectivity index (χ1n) is 15.6. The molecule has 0 bridgehead atoms. The number of rotatable bonds is 16. The lowest BCUT2D eigenvalue weighted by molar-refractivity contribution is -0.193. The van der Waals surface area contributed by atoms with Crippen molar-refractivity contribution in [2.75, 3.05) is 20.3 Å². The van der Waals surface area contributed by atoms with E-state index in [0.717, 1.165) is 77.4 Å². The quantitative estimate of drug-likeness (QED) is 0.134. The molecule has 0 aromatic carbocycles. The molecule has 1 saturated carbocycles. The summed E-state index contributed by atoms with van der Waals surface area (Å²) in [5, 5.41) is 11.1. The molecule has 1 N–H and O–H groups in total. The van der Waals surface area contributed by atoms with Crippen molar-refractivity contribution >= 4 is 5.97 Å². The molecule has 7 heteroatoms. The molecule has 2 unspecified atom stereocenters. The van der Waals surface area contributed by atoms with E-state index >= 15 is 0 Å². The van der Waals surface area contributed by atoms with Crippen LogP contribution in [-0.2, 0) is 28.5 Å². The highest BCUT2D eigenvalue weighted by molar-refractivity contribution is 5.69. The Morgan fingerprint density at radius 1 is 1.05 bits per heavy atom. The van der Waals surface area contributed by atoms with E-state index in [0.29, 0.717) is 18.8 Å². The summed E-state index contributed by atoms with van der Waals surface area (Å²) in [6.07, 6.45) is 21.0. The second-order valence-corrected chi connectivity index (χ2v) is 11.6. The monoisotopic (exact) mass is 550 g/mol. The normalized spacial score (nSPS) is 31.6. The number of unbranched alkanes of at least 4 members (excludes halogenated alkanes) is 2. The van der Waals surface area contributed by atoms with Gasteiger partial charge in [-0.25, -0.2) is 0 Å². The Labute approximate surface area is 236 Å². The van der Waals surface area contributed by atoms with E-state index < -0.39 is 6.10 Å². The van der Waals surface area contributed by atoms with Gasteiger partial charge in [-0.1, -0.05) is 51.0 Å². The molecule has 3 fully saturated rings. The van der Waals surface area contributed by atoms with Gasteiger partial charge in [-0.2, -0.15) is 0 Å². The standard InChI is InChI=1S/C32H54O7/c1-4-5-14-24(2)28(38-31-17-10-12-21-36-31)20-19-26-25(15-8-6-7-9-16-30(34)35-3)27(33)23-29(26)39-32-18-11-13-22-37-32/h6,8,19-20,24-29,31-33H,4-5,7,9-18,21-23H2,1-3H3/b8-6-,20-19+/t24-,25+,26+,27+,28+,29+,31?,32?/m0/s1. The lowest BCUT2D eigenvalue weighted by atomic mass is 9.88. The molecule has 2 aliphatic heterocycles. The number of carbonyl (C=O) groups is 1. The summed E-state index contributed by atoms with van der Waals surface area (Å²) in [7, 11) is 1.42. The van der Waals surface area contributed by atoms with Crippen LogP contribution >= 0.6 is 0 Å². The van der Waals surface area contributed by atoms with Crippen LogP contribution in [0.15, 0.2) is 24.3 Å². The van der Waals surface area contributed by atoms with E-state index in [4.69, 9.17) is 23.7 Å². The van der Waals surface area contributed by atoms with Gasteiger partial charge in [0.25, 0.3) is 0 Å². The molecule has 3 rings (SSSR count). The SMILES string of the molecule is CCCC[C@H](C)[C@@H](/C=C/[C@@H]1[C@@H](C/C=C\CCCC(=O)OC)[C@H](O)C[C@H]1OC1CCCCO1)OC1CCCCO1. The van der Waals surface area contributed by atoms with Crippen LogP contribution in [0.2, 0.25) is 0 Å². The molecule has 7 nitrogen and oxygen atoms in total. The van der Waals surface area contributed by atoms with Crippen molar-refractivity contribution in [3.63, 3.8) is 0 Å². The zero-order chi connectivity index (χ0) is 27.9. The lowest BCUT2D eigenvalue weighted by Gasteiger charge is -2.31. The van der Waals surface area contributed by atoms with Gasteiger partial charge in [-0.05, 0) is 76.0 Å². The molecular formula is C32H54O7. The summed E-state index contributed by atoms with van der Waals surface area (Å²) in [4.78, 5) is 11.4. The van der Waals surface area contributed by atoms with Crippen LogP contribution in [0.1, 0.15) is 104 Å². The number of aliphatic hydroxyl groups is 1. The number of hydrogen-bond donors (Lipinski definition) is 1. The average Bonchev–Trinajstić information content (AvgIpc) is 3.25. The van der Waals surface area contributed by atoms with Crippen molar-refractivity contribution < 1.29 is 33.6 Å². The molecule has 0 aromatic heterocycles. The summed E-state index contributed by atoms with van der Waals surface area (Å²) in [6, 6.07) is 0. The van der Waals surface area contributed by atoms with Crippen molar-refractivity contribution in [3.05, 3.63) is 24.3 Å². The van der Waals surface area contributed by atoms with Gasteiger partial charge in [0.2, 0.25) is 0 Å². The highest BCUT2D eigenvalue weighted by atomic mass is 16.7. The minimum Gasteiger partial charge on any atom is -0.469 e. The maximum Gasteiger partial charge on any atom is 0.305 e. The first-order valence-corrected chi connectivity index (χ1v) is 15.6. The predicted octanol–water partition coefficient (Wildman–Crippen LogP) is 6.48. The molecule has 224 valence electrons. The van der Waals surface area contributed by atoms with E-state index in [2.05, 4.69) is 38.2 Å². The molecule has 0 aromatic rings. The number of ether oxygens (including phenoxy) is 5. The van der Waals surface area contributed by atoms with E-state index in [9.17, 15) is 9.90 Å². The minimum absolute atomic E-state index is 0.0292. The molecule has 0 spiro atoms. The van der Waals surface area contributed by atoms with E-state index in [1.165, 1.54) is 20.0 Å². The molecule has 1 aliphatic carbocycles. The Morgan fingerprint density at radius 3 is 2.46 bits per heavy atom. The van der Waals surface area contributed by atoms with Crippen molar-refractivity contribution in [3.8, 4) is 0 Å². The summed E-state index contributed by atoms with van der Waals surface area (Å²) < 4.78 is 29.6. The third-order valence-corrected chi connectivity index (χ3v) is 8.45. The number of hydrogen-bond acceptors (Lipinski definition) is 7. The van der Waals surface area contributed by atoms with Crippen LogP contribution < -0.4 is 0 Å². The van der Waals surface area contributed by atoms with Gasteiger partial charge >= 0.3 is 5.97 Å². The number of methoxy groups -OCH3 is 1. The van der Waals surface area contributed by atoms with Crippen LogP contribution in [0.3, 0.4) is 0 Å². The first kappa shape index (κ1) is 32.3. The van der Waals surface area contributed by atoms with Crippen LogP contribution in [0.4, 0.5) is 0 Å². The third-order valence-electron chi connectivity index (χ3n) is 8.45. The van der Waals surface area contributed by atoms with Crippen molar-refractivity contribution in [2.24, 2.45) is 17.8 Å². The topological polar surface area (TPSA) is 83.5 Å². The molecule has 0 radical (unpaired) electrons. The van der Waals surface area contributed by atoms with Gasteiger partial charge < -0.3 is 28.8 Å². The summed E-state index contributed by atoms with van der Waals surface area (Å²) in [5.74, 6) is 0.340. The van der Waals surface area contributed by atoms with Gasteiger partial charge in [0.1, 0.15) is 0 Å². The Morgan fingerprint density at radius 2 is 1.79 bits per heavy atom. The maximum absolute atomic E-state index is 11.4. The number of carbonyl (C=O) groups excluding carboxylic acids is 1. The van der Waals surface area contributed by atoms with Crippen molar-refractivity contribution in [1.29, 1.82) is 0 Å². The largest absolute Gasteiger partial charge is 0.469 e. The van der Waals surface area contributed by atoms with Crippen LogP contribution in [0.5, 0.6) is 0 Å². The number of allylic oxidation sites excluding steroid dienone is 2. The Bertz CT molecular complexity index is 726. The molecule has 8 atom stereocenters. The molecule has 2 saturated heterocycles. The van der Waals surface area contributed by atoms with E-state index in [1.54, 1.807) is 0 Å². The first-order chi connectivity index (χ1) is 19.0. The van der Waals surface area contributed by atoms with E-state index in [-0.39, 0.29) is 42.6 Å². The van der Waals surface area contributed by atoms with Crippen molar-refractivity contribution in [2.45, 2.75) is 135 Å². The maximum atomic E-state index is 11.4. The summed E-state index contributed by atoms with van der Waals surface area (Å²) in [6.45, 7) is 6.01. The number of aliphatic hydroxyl groups excluding tert-OH is 1. The average molecular weight is 551 g/mol. The lowest BCUT2D eigenvalue weighted by Crippen LogP contribution is -2.32. The Balaban J connectivity index is 1.69. The second-order valence-electron chi connectivity index (χ2n) is 11.6. The Kier molecular flexibility index (Phi) is 15.1. The second kappa shape index (κ2) is 18.2. The molecule has 39 heavy (non-hydrogen) atoms. The van der Waals surface area contributed by atoms with Crippen LogP contribution in [0, 0.1) is 17.8 Å². The fourth-order valence-corrected chi connectivity index (χ4v) is 5.97. The minimum atomic E-state index is -0.438. The molecule has 3 aliphatic rings. The fourth-order valence-electron chi connectivity index (χ4n) is 5.97. The Hall–Kier alpha value is -1.25. The fraction of sp³-hybridized carbons (Fsp3) is 0.844. The molecule has 2 heterocycles. The number of esters is 1. The van der Waals surface area contributed by atoms with Gasteiger partial charge in [0, 0.05) is 32.0 Å². The van der Waals surface area contributed by atoms with Gasteiger partial charge in [0.05, 0.1) is 25.4 Å². The van der Waals surface area contributed by atoms with Crippen LogP contribution in [-0.4, -0.2) is 62.3 Å². The summed E-state index contributed by atoms with van der Waals surface area (Å²) in [5.41, 5.74) is 0. The zero-order valence-corrected chi connectivity index (χ0v) is 24.6. The van der Waals surface area contributed by atoms with Crippen molar-refractivity contribution in [1.82, 2.24) is 0 Å². The zero-order valence-electron chi connectivity index (χ0n) is 24.6. The predicted molar refractivity (Wildman–Crippen MR) is 152 cm³/mol. The van der Waals surface area contributed by atoms with Gasteiger partial charge in [0.15, 0.2) is 12.6 Å². The summed E-state index contributed by atoms with van der Waals surface area (Å²) >= 11 is 0. The highest BCUT2D eigenvalue weighted by Gasteiger charge is 2.42. The smallest absolute Gasteiger partial charge is 0.305 e. The molecular weight excluding hydrogens is 496 g/mol. The van der Waals surface area contributed by atoms with Gasteiger partial charge in [-0.3, -0.25) is 4.79 Å².